The maximum Gasteiger partial charge on any atom is 0.0649 e. The van der Waals surface area contributed by atoms with Gasteiger partial charge in [0.1, 0.15) is 0 Å². The molecule has 1 nitrogen and oxygen atoms in total. The van der Waals surface area contributed by atoms with E-state index in [-0.39, 0.29) is 11.5 Å². The standard InChI is InChI=1S/C17H24O/c1-17(2,3)14-8-13-16(18)12-7-11-15-9-5-4-6-10-15/h4-6,9-10,16,18H,7,11-13H2,1-3H3. The lowest BCUT2D eigenvalue weighted by Crippen LogP contribution is -2.06. The number of hydrogen-bond acceptors (Lipinski definition) is 1. The van der Waals surface area contributed by atoms with Crippen molar-refractivity contribution in [2.45, 2.75) is 52.6 Å². The molecule has 0 aromatic heterocycles. The van der Waals surface area contributed by atoms with Gasteiger partial charge in [0.2, 0.25) is 0 Å². The first kappa shape index (κ1) is 14.8. The fourth-order valence-electron chi connectivity index (χ4n) is 1.72. The smallest absolute Gasteiger partial charge is 0.0649 e. The zero-order chi connectivity index (χ0) is 13.4. The minimum absolute atomic E-state index is 0.0315. The second-order valence-electron chi connectivity index (χ2n) is 5.79. The van der Waals surface area contributed by atoms with Gasteiger partial charge in [-0.3, -0.25) is 0 Å². The van der Waals surface area contributed by atoms with E-state index in [1.54, 1.807) is 0 Å². The van der Waals surface area contributed by atoms with Gasteiger partial charge in [-0.25, -0.2) is 0 Å². The highest BCUT2D eigenvalue weighted by molar-refractivity contribution is 5.14. The molecule has 18 heavy (non-hydrogen) atoms. The van der Waals surface area contributed by atoms with Gasteiger partial charge >= 0.3 is 0 Å². The first-order valence-electron chi connectivity index (χ1n) is 6.69. The number of aliphatic hydroxyl groups excluding tert-OH is 1. The zero-order valence-electron chi connectivity index (χ0n) is 11.7. The number of aliphatic hydroxyl groups is 1. The van der Waals surface area contributed by atoms with Crippen molar-refractivity contribution in [1.29, 1.82) is 0 Å². The van der Waals surface area contributed by atoms with Gasteiger partial charge in [-0.2, -0.15) is 0 Å². The molecule has 1 atom stereocenters. The largest absolute Gasteiger partial charge is 0.392 e. The highest BCUT2D eigenvalue weighted by atomic mass is 16.3. The van der Waals surface area contributed by atoms with E-state index in [1.807, 2.05) is 6.07 Å². The van der Waals surface area contributed by atoms with Gasteiger partial charge in [-0.1, -0.05) is 36.3 Å². The molecule has 0 radical (unpaired) electrons. The molecular formula is C17H24O. The summed E-state index contributed by atoms with van der Waals surface area (Å²) in [6, 6.07) is 10.4. The van der Waals surface area contributed by atoms with Gasteiger partial charge in [0.15, 0.2) is 0 Å². The lowest BCUT2D eigenvalue weighted by molar-refractivity contribution is 0.167. The second-order valence-corrected chi connectivity index (χ2v) is 5.79. The Balaban J connectivity index is 2.21. The first-order valence-corrected chi connectivity index (χ1v) is 6.69. The van der Waals surface area contributed by atoms with Gasteiger partial charge in [-0.15, -0.1) is 5.92 Å². The molecule has 0 heterocycles. The molecule has 1 N–H and O–H groups in total. The van der Waals surface area contributed by atoms with Crippen molar-refractivity contribution < 1.29 is 5.11 Å². The van der Waals surface area contributed by atoms with E-state index in [1.165, 1.54) is 5.56 Å². The van der Waals surface area contributed by atoms with Crippen molar-refractivity contribution in [3.05, 3.63) is 35.9 Å². The highest BCUT2D eigenvalue weighted by Crippen LogP contribution is 2.11. The summed E-state index contributed by atoms with van der Waals surface area (Å²) in [5.41, 5.74) is 1.37. The predicted molar refractivity (Wildman–Crippen MR) is 77.2 cm³/mol. The Kier molecular flexibility index (Phi) is 5.95. The molecule has 0 aliphatic carbocycles. The van der Waals surface area contributed by atoms with Gasteiger partial charge in [0.25, 0.3) is 0 Å². The molecule has 1 aromatic carbocycles. The van der Waals surface area contributed by atoms with Gasteiger partial charge in [0.05, 0.1) is 6.10 Å². The van der Waals surface area contributed by atoms with Crippen molar-refractivity contribution in [2.24, 2.45) is 5.41 Å². The maximum atomic E-state index is 9.82. The number of hydrogen-bond donors (Lipinski definition) is 1. The fourth-order valence-corrected chi connectivity index (χ4v) is 1.72. The number of benzene rings is 1. The van der Waals surface area contributed by atoms with E-state index in [2.05, 4.69) is 56.9 Å². The predicted octanol–water partition coefficient (Wildman–Crippen LogP) is 3.81. The van der Waals surface area contributed by atoms with Crippen molar-refractivity contribution in [3.8, 4) is 11.8 Å². The molecule has 0 aliphatic rings. The lowest BCUT2D eigenvalue weighted by Gasteiger charge is -2.09. The lowest BCUT2D eigenvalue weighted by atomic mass is 9.97. The Morgan fingerprint density at radius 2 is 1.83 bits per heavy atom. The summed E-state index contributed by atoms with van der Waals surface area (Å²) in [5.74, 6) is 6.22. The Hall–Kier alpha value is -1.26. The summed E-state index contributed by atoms with van der Waals surface area (Å²) in [6.45, 7) is 6.26. The summed E-state index contributed by atoms with van der Waals surface area (Å²) < 4.78 is 0. The normalized spacial score (nSPS) is 12.7. The number of aryl methyl sites for hydroxylation is 1. The minimum Gasteiger partial charge on any atom is -0.392 e. The van der Waals surface area contributed by atoms with Gasteiger partial charge < -0.3 is 5.11 Å². The van der Waals surface area contributed by atoms with E-state index >= 15 is 0 Å². The first-order chi connectivity index (χ1) is 8.47. The fraction of sp³-hybridized carbons (Fsp3) is 0.529. The minimum atomic E-state index is -0.288. The summed E-state index contributed by atoms with van der Waals surface area (Å²) in [7, 11) is 0. The monoisotopic (exact) mass is 244 g/mol. The van der Waals surface area contributed by atoms with Crippen LogP contribution < -0.4 is 0 Å². The van der Waals surface area contributed by atoms with E-state index in [9.17, 15) is 5.11 Å². The third-order valence-electron chi connectivity index (χ3n) is 2.65. The Labute approximate surface area is 111 Å². The summed E-state index contributed by atoms with van der Waals surface area (Å²) in [6.07, 6.45) is 3.18. The Bertz CT molecular complexity index is 389. The Morgan fingerprint density at radius 1 is 1.17 bits per heavy atom. The molecule has 0 aliphatic heterocycles. The van der Waals surface area contributed by atoms with Crippen LogP contribution >= 0.6 is 0 Å². The molecule has 0 saturated carbocycles. The average molecular weight is 244 g/mol. The summed E-state index contributed by atoms with van der Waals surface area (Å²) in [5, 5.41) is 9.82. The van der Waals surface area contributed by atoms with Gasteiger partial charge in [0, 0.05) is 11.8 Å². The van der Waals surface area contributed by atoms with Crippen LogP contribution in [-0.4, -0.2) is 11.2 Å². The van der Waals surface area contributed by atoms with E-state index < -0.39 is 0 Å². The SMILES string of the molecule is CC(C)(C)C#CCC(O)CCCc1ccccc1. The van der Waals surface area contributed by atoms with Crippen molar-refractivity contribution in [3.63, 3.8) is 0 Å². The van der Waals surface area contributed by atoms with E-state index in [0.29, 0.717) is 6.42 Å². The van der Waals surface area contributed by atoms with Crippen LogP contribution in [0.1, 0.15) is 45.6 Å². The van der Waals surface area contributed by atoms with Crippen LogP contribution in [0.5, 0.6) is 0 Å². The molecule has 98 valence electrons. The molecule has 1 unspecified atom stereocenters. The quantitative estimate of drug-likeness (QED) is 0.781. The highest BCUT2D eigenvalue weighted by Gasteiger charge is 2.05. The van der Waals surface area contributed by atoms with Crippen LogP contribution in [0.3, 0.4) is 0 Å². The van der Waals surface area contributed by atoms with E-state index in [0.717, 1.165) is 19.3 Å². The topological polar surface area (TPSA) is 20.2 Å². The molecule has 0 spiro atoms. The molecular weight excluding hydrogens is 220 g/mol. The van der Waals surface area contributed by atoms with Crippen molar-refractivity contribution in [1.82, 2.24) is 0 Å². The van der Waals surface area contributed by atoms with Crippen LogP contribution in [-0.2, 0) is 6.42 Å². The van der Waals surface area contributed by atoms with Crippen LogP contribution in [0.2, 0.25) is 0 Å². The third-order valence-corrected chi connectivity index (χ3v) is 2.65. The zero-order valence-corrected chi connectivity index (χ0v) is 11.7. The molecule has 0 amide bonds. The molecule has 1 aromatic rings. The molecule has 0 bridgehead atoms. The number of rotatable bonds is 5. The molecule has 1 heteroatoms. The van der Waals surface area contributed by atoms with Gasteiger partial charge in [-0.05, 0) is 45.6 Å². The Morgan fingerprint density at radius 3 is 2.44 bits per heavy atom. The van der Waals surface area contributed by atoms with Crippen LogP contribution in [0.25, 0.3) is 0 Å². The van der Waals surface area contributed by atoms with Crippen LogP contribution in [0.4, 0.5) is 0 Å². The third kappa shape index (κ3) is 7.14. The van der Waals surface area contributed by atoms with Crippen molar-refractivity contribution >= 4 is 0 Å². The molecule has 0 saturated heterocycles. The molecule has 0 fully saturated rings. The van der Waals surface area contributed by atoms with Crippen molar-refractivity contribution in [2.75, 3.05) is 0 Å². The van der Waals surface area contributed by atoms with E-state index in [4.69, 9.17) is 0 Å². The second kappa shape index (κ2) is 7.24. The van der Waals surface area contributed by atoms with Crippen LogP contribution in [0, 0.1) is 17.3 Å². The maximum absolute atomic E-state index is 9.82. The van der Waals surface area contributed by atoms with Crippen LogP contribution in [0.15, 0.2) is 30.3 Å². The summed E-state index contributed by atoms with van der Waals surface area (Å²) >= 11 is 0. The summed E-state index contributed by atoms with van der Waals surface area (Å²) in [4.78, 5) is 0. The molecule has 1 rings (SSSR count). The average Bonchev–Trinajstić information content (AvgIpc) is 2.28.